The highest BCUT2D eigenvalue weighted by atomic mass is 32.1. The van der Waals surface area contributed by atoms with Crippen molar-refractivity contribution >= 4 is 16.5 Å². The summed E-state index contributed by atoms with van der Waals surface area (Å²) < 4.78 is 0. The van der Waals surface area contributed by atoms with Crippen molar-refractivity contribution < 1.29 is 0 Å². The lowest BCUT2D eigenvalue weighted by atomic mass is 10.3. The van der Waals surface area contributed by atoms with E-state index in [1.807, 2.05) is 11.3 Å². The quantitative estimate of drug-likeness (QED) is 0.791. The van der Waals surface area contributed by atoms with E-state index in [4.69, 9.17) is 4.98 Å². The van der Waals surface area contributed by atoms with E-state index in [1.165, 1.54) is 35.1 Å². The second-order valence-electron chi connectivity index (χ2n) is 5.69. The number of aryl methyl sites for hydroxylation is 1. The number of anilines is 1. The van der Waals surface area contributed by atoms with Crippen LogP contribution in [0.5, 0.6) is 0 Å². The van der Waals surface area contributed by atoms with Gasteiger partial charge in [0, 0.05) is 24.0 Å². The second-order valence-corrected chi connectivity index (χ2v) is 6.75. The van der Waals surface area contributed by atoms with E-state index in [1.54, 1.807) is 0 Å². The first kappa shape index (κ1) is 14.8. The molecular formula is C15H27N3S. The van der Waals surface area contributed by atoms with Crippen molar-refractivity contribution in [1.29, 1.82) is 0 Å². The molecule has 0 spiro atoms. The number of thiazole rings is 1. The first-order valence-electron chi connectivity index (χ1n) is 7.61. The van der Waals surface area contributed by atoms with Crippen LogP contribution in [0.3, 0.4) is 0 Å². The molecule has 0 bridgehead atoms. The Morgan fingerprint density at radius 2 is 2.11 bits per heavy atom. The van der Waals surface area contributed by atoms with E-state index in [0.29, 0.717) is 6.04 Å². The Balaban J connectivity index is 2.13. The minimum atomic E-state index is 0.545. The lowest BCUT2D eigenvalue weighted by Crippen LogP contribution is -2.32. The van der Waals surface area contributed by atoms with Crippen molar-refractivity contribution in [1.82, 2.24) is 10.3 Å². The summed E-state index contributed by atoms with van der Waals surface area (Å²) in [4.78, 5) is 8.80. The molecule has 19 heavy (non-hydrogen) atoms. The standard InChI is InChI=1S/C15H27N3S/c1-5-13-14(9-16-6-2)19-15(17-13)18(11(3)4)10-12-7-8-12/h11-12,16H,5-10H2,1-4H3. The minimum absolute atomic E-state index is 0.545. The third-order valence-corrected chi connectivity index (χ3v) is 4.79. The fourth-order valence-corrected chi connectivity index (χ4v) is 3.49. The molecular weight excluding hydrogens is 254 g/mol. The zero-order valence-corrected chi connectivity index (χ0v) is 13.5. The van der Waals surface area contributed by atoms with Crippen LogP contribution in [0, 0.1) is 5.92 Å². The van der Waals surface area contributed by atoms with Crippen molar-refractivity contribution in [3.8, 4) is 0 Å². The summed E-state index contributed by atoms with van der Waals surface area (Å²) >= 11 is 1.88. The zero-order chi connectivity index (χ0) is 13.8. The van der Waals surface area contributed by atoms with Gasteiger partial charge in [-0.25, -0.2) is 4.98 Å². The van der Waals surface area contributed by atoms with Crippen LogP contribution < -0.4 is 10.2 Å². The van der Waals surface area contributed by atoms with Gasteiger partial charge in [-0.15, -0.1) is 11.3 Å². The fraction of sp³-hybridized carbons (Fsp3) is 0.800. The van der Waals surface area contributed by atoms with Crippen molar-refractivity contribution in [2.24, 2.45) is 5.92 Å². The van der Waals surface area contributed by atoms with Gasteiger partial charge >= 0.3 is 0 Å². The van der Waals surface area contributed by atoms with Gasteiger partial charge in [-0.2, -0.15) is 0 Å². The van der Waals surface area contributed by atoms with Crippen LogP contribution in [0.15, 0.2) is 0 Å². The van der Waals surface area contributed by atoms with Crippen LogP contribution in [0.4, 0.5) is 5.13 Å². The van der Waals surface area contributed by atoms with Gasteiger partial charge in [0.15, 0.2) is 5.13 Å². The maximum absolute atomic E-state index is 4.89. The Morgan fingerprint density at radius 1 is 1.37 bits per heavy atom. The lowest BCUT2D eigenvalue weighted by Gasteiger charge is -2.26. The minimum Gasteiger partial charge on any atom is -0.345 e. The Morgan fingerprint density at radius 3 is 2.63 bits per heavy atom. The molecule has 4 heteroatoms. The highest BCUT2D eigenvalue weighted by Crippen LogP contribution is 2.34. The maximum atomic E-state index is 4.89. The third-order valence-electron chi connectivity index (χ3n) is 3.66. The molecule has 0 saturated heterocycles. The summed E-state index contributed by atoms with van der Waals surface area (Å²) in [5, 5.41) is 4.65. The van der Waals surface area contributed by atoms with Gasteiger partial charge < -0.3 is 10.2 Å². The molecule has 0 radical (unpaired) electrons. The molecule has 0 unspecified atom stereocenters. The Bertz CT molecular complexity index is 396. The third kappa shape index (κ3) is 3.93. The fourth-order valence-electron chi connectivity index (χ4n) is 2.23. The summed E-state index contributed by atoms with van der Waals surface area (Å²) in [6.07, 6.45) is 3.84. The molecule has 0 aromatic carbocycles. The van der Waals surface area contributed by atoms with Gasteiger partial charge in [-0.05, 0) is 45.6 Å². The van der Waals surface area contributed by atoms with Crippen molar-refractivity contribution in [3.63, 3.8) is 0 Å². The summed E-state index contributed by atoms with van der Waals surface area (Å²) in [6, 6.07) is 0.545. The molecule has 1 fully saturated rings. The molecule has 0 amide bonds. The topological polar surface area (TPSA) is 28.2 Å². The largest absolute Gasteiger partial charge is 0.345 e. The van der Waals surface area contributed by atoms with Gasteiger partial charge in [-0.3, -0.25) is 0 Å². The molecule has 3 nitrogen and oxygen atoms in total. The van der Waals surface area contributed by atoms with E-state index in [0.717, 1.165) is 25.4 Å². The number of hydrogen-bond acceptors (Lipinski definition) is 4. The van der Waals surface area contributed by atoms with Gasteiger partial charge in [0.2, 0.25) is 0 Å². The van der Waals surface area contributed by atoms with Crippen molar-refractivity contribution in [3.05, 3.63) is 10.6 Å². The first-order valence-corrected chi connectivity index (χ1v) is 8.43. The van der Waals surface area contributed by atoms with E-state index < -0.39 is 0 Å². The molecule has 1 aromatic heterocycles. The highest BCUT2D eigenvalue weighted by molar-refractivity contribution is 7.15. The average Bonchev–Trinajstić information content (AvgIpc) is 3.12. The maximum Gasteiger partial charge on any atom is 0.186 e. The number of aromatic nitrogens is 1. The van der Waals surface area contributed by atoms with Gasteiger partial charge in [-0.1, -0.05) is 13.8 Å². The number of nitrogens with zero attached hydrogens (tertiary/aromatic N) is 2. The Hall–Kier alpha value is -0.610. The van der Waals surface area contributed by atoms with Gasteiger partial charge in [0.1, 0.15) is 0 Å². The molecule has 1 aromatic rings. The number of rotatable bonds is 8. The molecule has 1 aliphatic rings. The SMILES string of the molecule is CCNCc1sc(N(CC2CC2)C(C)C)nc1CC. The molecule has 1 saturated carbocycles. The lowest BCUT2D eigenvalue weighted by molar-refractivity contribution is 0.641. The average molecular weight is 281 g/mol. The molecule has 0 aliphatic heterocycles. The van der Waals surface area contributed by atoms with Crippen LogP contribution in [0.1, 0.15) is 51.1 Å². The molecule has 1 aliphatic carbocycles. The predicted octanol–water partition coefficient (Wildman–Crippen LogP) is 3.44. The molecule has 1 heterocycles. The number of nitrogens with one attached hydrogen (secondary N) is 1. The van der Waals surface area contributed by atoms with Crippen LogP contribution >= 0.6 is 11.3 Å². The smallest absolute Gasteiger partial charge is 0.186 e. The van der Waals surface area contributed by atoms with Gasteiger partial charge in [0.05, 0.1) is 5.69 Å². The van der Waals surface area contributed by atoms with Crippen molar-refractivity contribution in [2.45, 2.75) is 59.5 Å². The van der Waals surface area contributed by atoms with Gasteiger partial charge in [0.25, 0.3) is 0 Å². The Labute approximate surface area is 121 Å². The predicted molar refractivity (Wildman–Crippen MR) is 84.1 cm³/mol. The van der Waals surface area contributed by atoms with Crippen molar-refractivity contribution in [2.75, 3.05) is 18.0 Å². The normalized spacial score (nSPS) is 15.2. The summed E-state index contributed by atoms with van der Waals surface area (Å²) in [5.41, 5.74) is 1.28. The summed E-state index contributed by atoms with van der Waals surface area (Å²) in [6.45, 7) is 12.1. The summed E-state index contributed by atoms with van der Waals surface area (Å²) in [5.74, 6) is 0.911. The van der Waals surface area contributed by atoms with Crippen LogP contribution in [0.2, 0.25) is 0 Å². The molecule has 0 atom stereocenters. The van der Waals surface area contributed by atoms with Crippen LogP contribution in [-0.4, -0.2) is 24.1 Å². The van der Waals surface area contributed by atoms with E-state index in [-0.39, 0.29) is 0 Å². The van der Waals surface area contributed by atoms with E-state index in [2.05, 4.69) is 37.9 Å². The number of hydrogen-bond donors (Lipinski definition) is 1. The molecule has 108 valence electrons. The second kappa shape index (κ2) is 6.71. The molecule has 2 rings (SSSR count). The zero-order valence-electron chi connectivity index (χ0n) is 12.7. The monoisotopic (exact) mass is 281 g/mol. The molecule has 1 N–H and O–H groups in total. The highest BCUT2D eigenvalue weighted by Gasteiger charge is 2.27. The van der Waals surface area contributed by atoms with E-state index >= 15 is 0 Å². The van der Waals surface area contributed by atoms with E-state index in [9.17, 15) is 0 Å². The first-order chi connectivity index (χ1) is 9.15. The van der Waals surface area contributed by atoms with Crippen LogP contribution in [-0.2, 0) is 13.0 Å². The summed E-state index contributed by atoms with van der Waals surface area (Å²) in [7, 11) is 0. The van der Waals surface area contributed by atoms with Crippen LogP contribution in [0.25, 0.3) is 0 Å². The Kier molecular flexibility index (Phi) is 5.22.